The van der Waals surface area contributed by atoms with Crippen LogP contribution in [-0.4, -0.2) is 72.6 Å². The number of amides is 2. The van der Waals surface area contributed by atoms with E-state index in [0.717, 1.165) is 39.1 Å². The summed E-state index contributed by atoms with van der Waals surface area (Å²) in [4.78, 5) is 28.5. The van der Waals surface area contributed by atoms with Crippen molar-refractivity contribution in [2.24, 2.45) is 0 Å². The van der Waals surface area contributed by atoms with Gasteiger partial charge in [-0.1, -0.05) is 16.8 Å². The second kappa shape index (κ2) is 10.4. The monoisotopic (exact) mass is 389 g/mol. The van der Waals surface area contributed by atoms with Crippen molar-refractivity contribution >= 4 is 17.6 Å². The molecule has 0 spiro atoms. The number of rotatable bonds is 8. The zero-order valence-electron chi connectivity index (χ0n) is 16.7. The Labute approximate surface area is 166 Å². The van der Waals surface area contributed by atoms with Gasteiger partial charge in [-0.05, 0) is 39.0 Å². The highest BCUT2D eigenvalue weighted by atomic mass is 16.5. The van der Waals surface area contributed by atoms with E-state index in [4.69, 9.17) is 4.52 Å². The molecule has 8 heteroatoms. The van der Waals surface area contributed by atoms with Gasteiger partial charge in [0.25, 0.3) is 0 Å². The fourth-order valence-electron chi connectivity index (χ4n) is 3.67. The molecule has 3 rings (SSSR count). The Morgan fingerprint density at radius 2 is 1.82 bits per heavy atom. The van der Waals surface area contributed by atoms with E-state index in [1.165, 1.54) is 31.3 Å². The number of carbonyl (C=O) groups is 2. The average Bonchev–Trinajstić information content (AvgIpc) is 3.09. The molecule has 0 atom stereocenters. The molecule has 0 radical (unpaired) electrons. The molecule has 2 amide bonds. The van der Waals surface area contributed by atoms with Gasteiger partial charge >= 0.3 is 0 Å². The third-order valence-electron chi connectivity index (χ3n) is 5.25. The van der Waals surface area contributed by atoms with Crippen LogP contribution in [0.1, 0.15) is 37.9 Å². The number of allylic oxidation sites excluding steroid dienone is 1. The number of carbonyl (C=O) groups excluding carboxylic acids is 2. The quantitative estimate of drug-likeness (QED) is 0.656. The molecule has 8 nitrogen and oxygen atoms in total. The van der Waals surface area contributed by atoms with Gasteiger partial charge in [-0.3, -0.25) is 19.4 Å². The highest BCUT2D eigenvalue weighted by molar-refractivity contribution is 5.91. The van der Waals surface area contributed by atoms with Crippen LogP contribution >= 0.6 is 0 Å². The van der Waals surface area contributed by atoms with Gasteiger partial charge in [-0.15, -0.1) is 0 Å². The van der Waals surface area contributed by atoms with E-state index < -0.39 is 0 Å². The number of aryl methyl sites for hydroxylation is 1. The number of hydrogen-bond donors (Lipinski definition) is 2. The highest BCUT2D eigenvalue weighted by Crippen LogP contribution is 2.19. The largest absolute Gasteiger partial charge is 0.360 e. The van der Waals surface area contributed by atoms with E-state index in [9.17, 15) is 9.59 Å². The fraction of sp³-hybridized carbons (Fsp3) is 0.650. The predicted molar refractivity (Wildman–Crippen MR) is 107 cm³/mol. The maximum Gasteiger partial charge on any atom is 0.239 e. The summed E-state index contributed by atoms with van der Waals surface area (Å²) >= 11 is 0. The van der Waals surface area contributed by atoms with E-state index in [0.29, 0.717) is 24.7 Å². The number of nitrogens with one attached hydrogen (secondary N) is 2. The highest BCUT2D eigenvalue weighted by Gasteiger charge is 2.21. The first-order chi connectivity index (χ1) is 13.6. The minimum atomic E-state index is -0.100. The van der Waals surface area contributed by atoms with Crippen molar-refractivity contribution in [2.45, 2.75) is 39.0 Å². The number of aromatic nitrogens is 1. The summed E-state index contributed by atoms with van der Waals surface area (Å²) in [5, 5.41) is 9.54. The van der Waals surface area contributed by atoms with Crippen molar-refractivity contribution in [1.82, 2.24) is 20.3 Å². The zero-order valence-corrected chi connectivity index (χ0v) is 16.7. The molecule has 1 saturated heterocycles. The molecule has 1 aromatic rings. The van der Waals surface area contributed by atoms with Crippen molar-refractivity contribution in [3.63, 3.8) is 0 Å². The van der Waals surface area contributed by atoms with E-state index in [-0.39, 0.29) is 11.8 Å². The second-order valence-corrected chi connectivity index (χ2v) is 7.63. The van der Waals surface area contributed by atoms with E-state index in [2.05, 4.69) is 31.7 Å². The van der Waals surface area contributed by atoms with Gasteiger partial charge in [0.2, 0.25) is 11.8 Å². The van der Waals surface area contributed by atoms with Gasteiger partial charge in [-0.2, -0.15) is 0 Å². The van der Waals surface area contributed by atoms with Crippen LogP contribution in [0.4, 0.5) is 5.82 Å². The normalized spacial score (nSPS) is 18.5. The van der Waals surface area contributed by atoms with Crippen molar-refractivity contribution in [1.29, 1.82) is 0 Å². The molecular weight excluding hydrogens is 358 g/mol. The van der Waals surface area contributed by atoms with Crippen LogP contribution in [0.25, 0.3) is 0 Å². The van der Waals surface area contributed by atoms with E-state index in [1.54, 1.807) is 13.0 Å². The Morgan fingerprint density at radius 3 is 2.43 bits per heavy atom. The Kier molecular flexibility index (Phi) is 7.62. The molecule has 154 valence electrons. The van der Waals surface area contributed by atoms with Crippen LogP contribution in [0, 0.1) is 6.92 Å². The number of nitrogens with zero attached hydrogens (tertiary/aromatic N) is 3. The molecule has 1 fully saturated rings. The molecule has 28 heavy (non-hydrogen) atoms. The molecule has 0 bridgehead atoms. The van der Waals surface area contributed by atoms with Crippen LogP contribution in [0.5, 0.6) is 0 Å². The molecule has 0 saturated carbocycles. The SMILES string of the molecule is Cc1cc(NC(=O)CN2CCN(CC(=O)NCCC3=CCCCC3)CC2)no1. The van der Waals surface area contributed by atoms with Crippen LogP contribution in [-0.2, 0) is 9.59 Å². The lowest BCUT2D eigenvalue weighted by atomic mass is 9.97. The Bertz CT molecular complexity index is 692. The molecule has 2 heterocycles. The number of anilines is 1. The third-order valence-corrected chi connectivity index (χ3v) is 5.25. The van der Waals surface area contributed by atoms with Crippen molar-refractivity contribution in [3.05, 3.63) is 23.5 Å². The standard InChI is InChI=1S/C20H31N5O3/c1-16-13-18(23-28-16)22-20(27)15-25-11-9-24(10-12-25)14-19(26)21-8-7-17-5-3-2-4-6-17/h5,13H,2-4,6-12,14-15H2,1H3,(H,21,26)(H,22,23,27). The number of piperazine rings is 1. The average molecular weight is 390 g/mol. The third kappa shape index (κ3) is 6.76. The summed E-state index contributed by atoms with van der Waals surface area (Å²) in [7, 11) is 0. The van der Waals surface area contributed by atoms with Gasteiger partial charge in [0.1, 0.15) is 5.76 Å². The van der Waals surface area contributed by atoms with Crippen LogP contribution in [0.3, 0.4) is 0 Å². The summed E-state index contributed by atoms with van der Waals surface area (Å²) in [6.07, 6.45) is 8.24. The van der Waals surface area contributed by atoms with Crippen molar-refractivity contribution in [3.8, 4) is 0 Å². The molecule has 2 N–H and O–H groups in total. The maximum atomic E-state index is 12.2. The first-order valence-electron chi connectivity index (χ1n) is 10.2. The molecule has 2 aliphatic rings. The second-order valence-electron chi connectivity index (χ2n) is 7.63. The van der Waals surface area contributed by atoms with Crippen LogP contribution in [0.15, 0.2) is 22.2 Å². The molecular formula is C20H31N5O3. The fourth-order valence-corrected chi connectivity index (χ4v) is 3.67. The summed E-state index contributed by atoms with van der Waals surface area (Å²) in [6.45, 7) is 6.37. The minimum absolute atomic E-state index is 0.0870. The first-order valence-corrected chi connectivity index (χ1v) is 10.2. The summed E-state index contributed by atoms with van der Waals surface area (Å²) in [6, 6.07) is 1.69. The lowest BCUT2D eigenvalue weighted by molar-refractivity contribution is -0.123. The smallest absolute Gasteiger partial charge is 0.239 e. The maximum absolute atomic E-state index is 12.2. The lowest BCUT2D eigenvalue weighted by Crippen LogP contribution is -2.51. The minimum Gasteiger partial charge on any atom is -0.360 e. The molecule has 0 aromatic carbocycles. The lowest BCUT2D eigenvalue weighted by Gasteiger charge is -2.33. The van der Waals surface area contributed by atoms with Gasteiger partial charge in [0.05, 0.1) is 13.1 Å². The Morgan fingerprint density at radius 1 is 1.11 bits per heavy atom. The van der Waals surface area contributed by atoms with Gasteiger partial charge in [-0.25, -0.2) is 0 Å². The van der Waals surface area contributed by atoms with Crippen LogP contribution in [0.2, 0.25) is 0 Å². The predicted octanol–water partition coefficient (Wildman–Crippen LogP) is 1.55. The molecule has 1 aliphatic carbocycles. The van der Waals surface area contributed by atoms with Gasteiger partial charge in [0, 0.05) is 38.8 Å². The summed E-state index contributed by atoms with van der Waals surface area (Å²) in [5.41, 5.74) is 1.49. The molecule has 1 aromatic heterocycles. The molecule has 0 unspecified atom stereocenters. The summed E-state index contributed by atoms with van der Waals surface area (Å²) in [5.74, 6) is 1.10. The van der Waals surface area contributed by atoms with E-state index in [1.807, 2.05) is 0 Å². The van der Waals surface area contributed by atoms with Crippen LogP contribution < -0.4 is 10.6 Å². The first kappa shape index (κ1) is 20.5. The van der Waals surface area contributed by atoms with Gasteiger partial charge < -0.3 is 15.2 Å². The topological polar surface area (TPSA) is 90.7 Å². The Hall–Kier alpha value is -2.19. The van der Waals surface area contributed by atoms with Crippen molar-refractivity contribution < 1.29 is 14.1 Å². The van der Waals surface area contributed by atoms with E-state index >= 15 is 0 Å². The van der Waals surface area contributed by atoms with Gasteiger partial charge in [0.15, 0.2) is 5.82 Å². The molecule has 1 aliphatic heterocycles. The Balaban J connectivity index is 1.28. The summed E-state index contributed by atoms with van der Waals surface area (Å²) < 4.78 is 4.94. The number of hydrogen-bond acceptors (Lipinski definition) is 6. The zero-order chi connectivity index (χ0) is 19.8. The van der Waals surface area contributed by atoms with Crippen molar-refractivity contribution in [2.75, 3.05) is 51.1 Å².